The zero-order valence-electron chi connectivity index (χ0n) is 13.3. The van der Waals surface area contributed by atoms with Crippen molar-refractivity contribution in [3.8, 4) is 5.75 Å². The number of carbonyl (C=O) groups is 2. The van der Waals surface area contributed by atoms with Gasteiger partial charge in [0.15, 0.2) is 0 Å². The molecule has 2 rings (SSSR count). The topological polar surface area (TPSA) is 84.7 Å². The standard InChI is InChI=1S/C16H23N3O3/c1-4-18-15(20)14-8-11(17)9-19(14)16(21)13-6-5-12(22-3)7-10(13)2/h5-7,11,14H,4,8-9,17H2,1-3H3,(H,18,20)/t11-,14-/m0/s1. The molecule has 6 nitrogen and oxygen atoms in total. The molecule has 0 aliphatic carbocycles. The summed E-state index contributed by atoms with van der Waals surface area (Å²) in [6.07, 6.45) is 0.493. The quantitative estimate of drug-likeness (QED) is 0.857. The summed E-state index contributed by atoms with van der Waals surface area (Å²) in [5.74, 6) is 0.395. The maximum atomic E-state index is 12.8. The van der Waals surface area contributed by atoms with Crippen molar-refractivity contribution >= 4 is 11.8 Å². The molecule has 1 heterocycles. The highest BCUT2D eigenvalue weighted by Crippen LogP contribution is 2.23. The summed E-state index contributed by atoms with van der Waals surface area (Å²) in [4.78, 5) is 26.5. The van der Waals surface area contributed by atoms with E-state index in [-0.39, 0.29) is 17.9 Å². The van der Waals surface area contributed by atoms with E-state index in [1.54, 1.807) is 24.1 Å². The van der Waals surface area contributed by atoms with Crippen molar-refractivity contribution in [1.29, 1.82) is 0 Å². The van der Waals surface area contributed by atoms with Crippen molar-refractivity contribution in [3.05, 3.63) is 29.3 Å². The average molecular weight is 305 g/mol. The number of benzene rings is 1. The normalized spacial score (nSPS) is 20.8. The van der Waals surface area contributed by atoms with Gasteiger partial charge in [-0.1, -0.05) is 0 Å². The molecule has 2 amide bonds. The van der Waals surface area contributed by atoms with Crippen LogP contribution in [0.25, 0.3) is 0 Å². The van der Waals surface area contributed by atoms with Gasteiger partial charge >= 0.3 is 0 Å². The molecule has 0 unspecified atom stereocenters. The number of ether oxygens (including phenoxy) is 1. The molecule has 0 bridgehead atoms. The number of nitrogens with two attached hydrogens (primary N) is 1. The van der Waals surface area contributed by atoms with Crippen LogP contribution < -0.4 is 15.8 Å². The maximum absolute atomic E-state index is 12.8. The summed E-state index contributed by atoms with van der Waals surface area (Å²) in [5.41, 5.74) is 7.35. The molecule has 0 radical (unpaired) electrons. The third-order valence-corrected chi connectivity index (χ3v) is 3.91. The fraction of sp³-hybridized carbons (Fsp3) is 0.500. The third kappa shape index (κ3) is 3.22. The summed E-state index contributed by atoms with van der Waals surface area (Å²) in [6, 6.07) is 4.62. The summed E-state index contributed by atoms with van der Waals surface area (Å²) < 4.78 is 5.15. The molecule has 6 heteroatoms. The predicted octanol–water partition coefficient (Wildman–Crippen LogP) is 0.682. The highest BCUT2D eigenvalue weighted by molar-refractivity contribution is 5.99. The van der Waals surface area contributed by atoms with Gasteiger partial charge in [0.1, 0.15) is 11.8 Å². The van der Waals surface area contributed by atoms with Gasteiger partial charge in [-0.25, -0.2) is 0 Å². The molecule has 22 heavy (non-hydrogen) atoms. The van der Waals surface area contributed by atoms with Crippen molar-refractivity contribution < 1.29 is 14.3 Å². The molecular weight excluding hydrogens is 282 g/mol. The van der Waals surface area contributed by atoms with Crippen LogP contribution in [0.2, 0.25) is 0 Å². The van der Waals surface area contributed by atoms with E-state index in [0.717, 1.165) is 5.56 Å². The molecule has 1 aliphatic rings. The Balaban J connectivity index is 2.25. The molecule has 1 aliphatic heterocycles. The third-order valence-electron chi connectivity index (χ3n) is 3.91. The van der Waals surface area contributed by atoms with Crippen LogP contribution in [-0.2, 0) is 4.79 Å². The number of hydrogen-bond acceptors (Lipinski definition) is 4. The molecule has 3 N–H and O–H groups in total. The highest BCUT2D eigenvalue weighted by atomic mass is 16.5. The van der Waals surface area contributed by atoms with Crippen LogP contribution >= 0.6 is 0 Å². The van der Waals surface area contributed by atoms with E-state index >= 15 is 0 Å². The van der Waals surface area contributed by atoms with E-state index in [1.165, 1.54) is 0 Å². The lowest BCUT2D eigenvalue weighted by atomic mass is 10.1. The zero-order chi connectivity index (χ0) is 16.3. The van der Waals surface area contributed by atoms with E-state index in [4.69, 9.17) is 10.5 Å². The van der Waals surface area contributed by atoms with Crippen LogP contribution in [0.1, 0.15) is 29.3 Å². The van der Waals surface area contributed by atoms with Gasteiger partial charge in [-0.2, -0.15) is 0 Å². The number of amides is 2. The summed E-state index contributed by atoms with van der Waals surface area (Å²) in [7, 11) is 1.58. The lowest BCUT2D eigenvalue weighted by Gasteiger charge is -2.24. The molecule has 1 fully saturated rings. The number of nitrogens with zero attached hydrogens (tertiary/aromatic N) is 1. The van der Waals surface area contributed by atoms with Crippen molar-refractivity contribution in [2.45, 2.75) is 32.4 Å². The number of aryl methyl sites for hydroxylation is 1. The SMILES string of the molecule is CCNC(=O)[C@@H]1C[C@H](N)CN1C(=O)c1ccc(OC)cc1C. The summed E-state index contributed by atoms with van der Waals surface area (Å²) >= 11 is 0. The van der Waals surface area contributed by atoms with E-state index in [0.29, 0.717) is 30.8 Å². The first kappa shape index (κ1) is 16.3. The minimum absolute atomic E-state index is 0.144. The number of likely N-dealkylation sites (tertiary alicyclic amines) is 1. The minimum atomic E-state index is -0.496. The number of nitrogens with one attached hydrogen (secondary N) is 1. The Hall–Kier alpha value is -2.08. The molecule has 1 saturated heterocycles. The molecule has 0 aromatic heterocycles. The fourth-order valence-electron chi connectivity index (χ4n) is 2.79. The Labute approximate surface area is 130 Å². The van der Waals surface area contributed by atoms with Gasteiger partial charge in [-0.15, -0.1) is 0 Å². The Bertz CT molecular complexity index is 574. The van der Waals surface area contributed by atoms with E-state index in [2.05, 4.69) is 5.32 Å². The summed E-state index contributed by atoms with van der Waals surface area (Å²) in [6.45, 7) is 4.64. The predicted molar refractivity (Wildman–Crippen MR) is 83.8 cm³/mol. The van der Waals surface area contributed by atoms with E-state index < -0.39 is 6.04 Å². The maximum Gasteiger partial charge on any atom is 0.254 e. The Morgan fingerprint density at radius 2 is 2.18 bits per heavy atom. The van der Waals surface area contributed by atoms with Gasteiger partial charge < -0.3 is 20.7 Å². The van der Waals surface area contributed by atoms with Crippen LogP contribution in [0.4, 0.5) is 0 Å². The fourth-order valence-corrected chi connectivity index (χ4v) is 2.79. The highest BCUT2D eigenvalue weighted by Gasteiger charge is 2.38. The first-order valence-electron chi connectivity index (χ1n) is 7.46. The van der Waals surface area contributed by atoms with E-state index in [1.807, 2.05) is 19.9 Å². The van der Waals surface area contributed by atoms with Crippen molar-refractivity contribution in [2.75, 3.05) is 20.2 Å². The van der Waals surface area contributed by atoms with Crippen molar-refractivity contribution in [1.82, 2.24) is 10.2 Å². The van der Waals surface area contributed by atoms with Crippen molar-refractivity contribution in [2.24, 2.45) is 5.73 Å². The Morgan fingerprint density at radius 1 is 1.45 bits per heavy atom. The first-order valence-corrected chi connectivity index (χ1v) is 7.46. The summed E-state index contributed by atoms with van der Waals surface area (Å²) in [5, 5.41) is 2.77. The smallest absolute Gasteiger partial charge is 0.254 e. The van der Waals surface area contributed by atoms with Gasteiger partial charge in [0.25, 0.3) is 5.91 Å². The second-order valence-corrected chi connectivity index (χ2v) is 5.54. The number of hydrogen-bond donors (Lipinski definition) is 2. The average Bonchev–Trinajstić information content (AvgIpc) is 2.88. The molecular formula is C16H23N3O3. The molecule has 1 aromatic rings. The monoisotopic (exact) mass is 305 g/mol. The zero-order valence-corrected chi connectivity index (χ0v) is 13.3. The molecule has 0 spiro atoms. The van der Waals surface area contributed by atoms with E-state index in [9.17, 15) is 9.59 Å². The minimum Gasteiger partial charge on any atom is -0.497 e. The van der Waals surface area contributed by atoms with Gasteiger partial charge in [0.05, 0.1) is 7.11 Å². The lowest BCUT2D eigenvalue weighted by Crippen LogP contribution is -2.46. The lowest BCUT2D eigenvalue weighted by molar-refractivity contribution is -0.124. The first-order chi connectivity index (χ1) is 10.5. The number of rotatable bonds is 4. The van der Waals surface area contributed by atoms with Crippen LogP contribution in [0.5, 0.6) is 5.75 Å². The van der Waals surface area contributed by atoms with Crippen LogP contribution in [0.3, 0.4) is 0 Å². The number of methoxy groups -OCH3 is 1. The largest absolute Gasteiger partial charge is 0.497 e. The number of likely N-dealkylation sites (N-methyl/N-ethyl adjacent to an activating group) is 1. The number of carbonyl (C=O) groups excluding carboxylic acids is 2. The Morgan fingerprint density at radius 3 is 2.77 bits per heavy atom. The van der Waals surface area contributed by atoms with Crippen molar-refractivity contribution in [3.63, 3.8) is 0 Å². The van der Waals surface area contributed by atoms with Gasteiger partial charge in [0.2, 0.25) is 5.91 Å². The van der Waals surface area contributed by atoms with Crippen LogP contribution in [0.15, 0.2) is 18.2 Å². The molecule has 2 atom stereocenters. The Kier molecular flexibility index (Phi) is 5.03. The van der Waals surface area contributed by atoms with Crippen LogP contribution in [-0.4, -0.2) is 49.0 Å². The van der Waals surface area contributed by atoms with Gasteiger partial charge in [-0.05, 0) is 44.0 Å². The second kappa shape index (κ2) is 6.79. The molecule has 0 saturated carbocycles. The van der Waals surface area contributed by atoms with Crippen LogP contribution in [0, 0.1) is 6.92 Å². The molecule has 1 aromatic carbocycles. The van der Waals surface area contributed by atoms with Gasteiger partial charge in [0, 0.05) is 24.7 Å². The van der Waals surface area contributed by atoms with Gasteiger partial charge in [-0.3, -0.25) is 9.59 Å². The second-order valence-electron chi connectivity index (χ2n) is 5.54. The molecule has 120 valence electrons.